The van der Waals surface area contributed by atoms with Crippen molar-refractivity contribution in [2.45, 2.75) is 131 Å². The molecule has 1 aliphatic heterocycles. The predicted molar refractivity (Wildman–Crippen MR) is 214 cm³/mol. The molecule has 0 aromatic heterocycles. The molecule has 4 aromatic carbocycles. The summed E-state index contributed by atoms with van der Waals surface area (Å²) in [7, 11) is 0. The number of nitrogens with two attached hydrogens (primary N) is 2. The van der Waals surface area contributed by atoms with Crippen LogP contribution in [0.5, 0.6) is 0 Å². The summed E-state index contributed by atoms with van der Waals surface area (Å²) in [5, 5.41) is 30.9. The van der Waals surface area contributed by atoms with Crippen LogP contribution in [0.2, 0.25) is 0 Å². The number of nitriles is 2. The third kappa shape index (κ3) is 6.82. The molecule has 1 fully saturated rings. The van der Waals surface area contributed by atoms with Gasteiger partial charge in [-0.15, -0.1) is 0 Å². The van der Waals surface area contributed by atoms with E-state index in [9.17, 15) is 10.5 Å². The van der Waals surface area contributed by atoms with Crippen LogP contribution in [0.25, 0.3) is 0 Å². The molecule has 6 heteroatoms. The number of nitrogens with one attached hydrogen (secondary N) is 2. The van der Waals surface area contributed by atoms with Crippen molar-refractivity contribution in [3.63, 3.8) is 0 Å². The van der Waals surface area contributed by atoms with Crippen molar-refractivity contribution in [3.8, 4) is 12.1 Å². The molecule has 0 radical (unpaired) electrons. The average molecular weight is 695 g/mol. The summed E-state index contributed by atoms with van der Waals surface area (Å²) in [5.41, 5.74) is 27.6. The van der Waals surface area contributed by atoms with Gasteiger partial charge in [-0.05, 0) is 150 Å². The minimum Gasteiger partial charge on any atom is -0.311 e. The molecule has 6 N–H and O–H groups in total. The minimum absolute atomic E-state index is 0.295. The maximum Gasteiger partial charge on any atom is 0.144 e. The van der Waals surface area contributed by atoms with E-state index in [0.717, 1.165) is 77.9 Å². The van der Waals surface area contributed by atoms with E-state index in [-0.39, 0.29) is 0 Å². The molecule has 1 aliphatic rings. The van der Waals surface area contributed by atoms with Gasteiger partial charge in [0.2, 0.25) is 0 Å². The van der Waals surface area contributed by atoms with Gasteiger partial charge in [-0.25, -0.2) is 0 Å². The van der Waals surface area contributed by atoms with E-state index in [0.29, 0.717) is 25.7 Å². The Morgan fingerprint density at radius 1 is 0.404 bits per heavy atom. The molecule has 1 saturated heterocycles. The van der Waals surface area contributed by atoms with Crippen molar-refractivity contribution < 1.29 is 0 Å². The van der Waals surface area contributed by atoms with Crippen LogP contribution in [0.4, 0.5) is 0 Å². The normalized spacial score (nSPS) is 24.4. The van der Waals surface area contributed by atoms with Crippen molar-refractivity contribution >= 4 is 0 Å². The fourth-order valence-corrected chi connectivity index (χ4v) is 9.37. The summed E-state index contributed by atoms with van der Waals surface area (Å²) in [4.78, 5) is 0. The Kier molecular flexibility index (Phi) is 10.4. The number of aryl methyl sites for hydroxylation is 12. The molecule has 4 aromatic rings. The van der Waals surface area contributed by atoms with Crippen LogP contribution in [0.15, 0.2) is 48.5 Å². The first kappa shape index (κ1) is 38.9. The lowest BCUT2D eigenvalue weighted by atomic mass is 9.64. The van der Waals surface area contributed by atoms with Gasteiger partial charge >= 0.3 is 0 Å². The van der Waals surface area contributed by atoms with Crippen LogP contribution >= 0.6 is 0 Å². The fourth-order valence-electron chi connectivity index (χ4n) is 9.37. The number of hydrogen-bond donors (Lipinski definition) is 4. The second kappa shape index (κ2) is 13.9. The van der Waals surface area contributed by atoms with Gasteiger partial charge in [0.15, 0.2) is 0 Å². The number of rotatable bonds is 8. The lowest BCUT2D eigenvalue weighted by molar-refractivity contribution is -0.00468. The Morgan fingerprint density at radius 3 is 0.788 bits per heavy atom. The van der Waals surface area contributed by atoms with Gasteiger partial charge in [-0.1, -0.05) is 70.8 Å². The molecule has 5 rings (SSSR count). The molecule has 0 amide bonds. The number of hydrogen-bond acceptors (Lipinski definition) is 6. The molecular weight excluding hydrogens is 637 g/mol. The molecule has 52 heavy (non-hydrogen) atoms. The highest BCUT2D eigenvalue weighted by atomic mass is 15.4. The Labute approximate surface area is 312 Å². The highest BCUT2D eigenvalue weighted by molar-refractivity contribution is 5.50. The van der Waals surface area contributed by atoms with Crippen LogP contribution in [0, 0.1) is 106 Å². The Bertz CT molecular complexity index is 1900. The second-order valence-electron chi connectivity index (χ2n) is 16.4. The highest BCUT2D eigenvalue weighted by Gasteiger charge is 2.66. The lowest BCUT2D eigenvalue weighted by Crippen LogP contribution is -2.94. The van der Waals surface area contributed by atoms with Crippen molar-refractivity contribution in [1.82, 2.24) is 10.6 Å². The van der Waals surface area contributed by atoms with Crippen molar-refractivity contribution in [2.24, 2.45) is 11.5 Å². The monoisotopic (exact) mass is 694 g/mol. The summed E-state index contributed by atoms with van der Waals surface area (Å²) in [6.07, 6.45) is 1.21. The van der Waals surface area contributed by atoms with Gasteiger partial charge in [0.05, 0.1) is 12.1 Å². The van der Waals surface area contributed by atoms with Crippen LogP contribution in [0.3, 0.4) is 0 Å². The summed E-state index contributed by atoms with van der Waals surface area (Å²) in [6.45, 7) is 25.2. The van der Waals surface area contributed by atoms with Crippen LogP contribution in [-0.2, 0) is 25.7 Å². The largest absolute Gasteiger partial charge is 0.311 e. The van der Waals surface area contributed by atoms with Gasteiger partial charge in [-0.2, -0.15) is 10.5 Å². The van der Waals surface area contributed by atoms with Crippen molar-refractivity contribution in [1.29, 1.82) is 10.5 Å². The van der Waals surface area contributed by atoms with Crippen LogP contribution in [-0.4, -0.2) is 22.4 Å². The second-order valence-corrected chi connectivity index (χ2v) is 16.4. The van der Waals surface area contributed by atoms with E-state index in [1.807, 2.05) is 0 Å². The smallest absolute Gasteiger partial charge is 0.144 e. The molecule has 0 spiro atoms. The zero-order valence-corrected chi connectivity index (χ0v) is 33.5. The van der Waals surface area contributed by atoms with Crippen LogP contribution in [0.1, 0.15) is 89.0 Å². The lowest BCUT2D eigenvalue weighted by Gasteiger charge is -2.62. The number of piperazine rings is 1. The van der Waals surface area contributed by atoms with E-state index in [1.165, 1.54) is 11.1 Å². The van der Waals surface area contributed by atoms with Gasteiger partial charge < -0.3 is 11.5 Å². The number of nitrogens with zero attached hydrogens (tertiary/aromatic N) is 2. The molecule has 6 nitrogen and oxygen atoms in total. The predicted octanol–water partition coefficient (Wildman–Crippen LogP) is 7.69. The minimum atomic E-state index is -1.43. The zero-order valence-electron chi connectivity index (χ0n) is 33.5. The van der Waals surface area contributed by atoms with E-state index in [2.05, 4.69) is 154 Å². The molecule has 1 heterocycles. The first-order valence-corrected chi connectivity index (χ1v) is 18.5. The maximum absolute atomic E-state index is 11.7. The highest BCUT2D eigenvalue weighted by Crippen LogP contribution is 2.43. The van der Waals surface area contributed by atoms with E-state index < -0.39 is 22.4 Å². The topological polar surface area (TPSA) is 124 Å². The Morgan fingerprint density at radius 2 is 0.596 bits per heavy atom. The maximum atomic E-state index is 11.7. The quantitative estimate of drug-likeness (QED) is 0.150. The summed E-state index contributed by atoms with van der Waals surface area (Å²) in [5.74, 6) is 0. The molecule has 0 saturated carbocycles. The number of benzene rings is 4. The molecule has 4 atom stereocenters. The SMILES string of the molecule is Cc1cc(C)c(CC2(N)NC(C#N)(Cc3c(C)cc(C)cc3C)C(N)(Cc3c(C)cc(C)cc3C)NC2(C#N)Cc2c(C)cc(C)cc2C)c(C)c1. The zero-order chi connectivity index (χ0) is 38.6. The molecular formula is C46H58N6. The summed E-state index contributed by atoms with van der Waals surface area (Å²) >= 11 is 0. The van der Waals surface area contributed by atoms with Gasteiger partial charge in [-0.3, -0.25) is 10.6 Å². The van der Waals surface area contributed by atoms with Gasteiger partial charge in [0, 0.05) is 25.7 Å². The van der Waals surface area contributed by atoms with Crippen molar-refractivity contribution in [2.75, 3.05) is 0 Å². The Balaban J connectivity index is 1.84. The van der Waals surface area contributed by atoms with Crippen LogP contribution < -0.4 is 22.1 Å². The first-order chi connectivity index (χ1) is 24.2. The standard InChI is InChI=1S/C46H58N6/c1-27-13-31(5)39(32(6)14-27)21-43(25-47)45(49,23-41-35(9)17-29(3)18-36(41)10)52-44(26-48,22-40-33(7)15-28(2)16-34(40)8)46(50,51-43)24-42-37(11)19-30(4)20-38(42)12/h13-20,51-52H,21-24,49-50H2,1-12H3. The van der Waals surface area contributed by atoms with E-state index in [4.69, 9.17) is 11.5 Å². The third-order valence-electron chi connectivity index (χ3n) is 11.9. The Hall–Kier alpha value is -4.30. The van der Waals surface area contributed by atoms with Gasteiger partial charge in [0.1, 0.15) is 22.4 Å². The summed E-state index contributed by atoms with van der Waals surface area (Å²) < 4.78 is 0. The molecule has 0 bridgehead atoms. The fraction of sp³-hybridized carbons (Fsp3) is 0.435. The molecule has 0 aliphatic carbocycles. The third-order valence-corrected chi connectivity index (χ3v) is 11.9. The first-order valence-electron chi connectivity index (χ1n) is 18.5. The van der Waals surface area contributed by atoms with E-state index >= 15 is 0 Å². The van der Waals surface area contributed by atoms with Gasteiger partial charge in [0.25, 0.3) is 0 Å². The van der Waals surface area contributed by atoms with E-state index in [1.54, 1.807) is 0 Å². The average Bonchev–Trinajstić information content (AvgIpc) is 3.02. The molecule has 272 valence electrons. The molecule has 4 unspecified atom stereocenters. The summed E-state index contributed by atoms with van der Waals surface area (Å²) in [6, 6.07) is 22.8. The van der Waals surface area contributed by atoms with Crippen molar-refractivity contribution in [3.05, 3.63) is 138 Å².